The van der Waals surface area contributed by atoms with Crippen molar-refractivity contribution in [3.05, 3.63) is 54.6 Å². The summed E-state index contributed by atoms with van der Waals surface area (Å²) in [5.74, 6) is 0. The number of rotatable bonds is 2. The van der Waals surface area contributed by atoms with Gasteiger partial charge in [0.25, 0.3) is 0 Å². The summed E-state index contributed by atoms with van der Waals surface area (Å²) in [5.41, 5.74) is 2.75. The molecule has 0 bridgehead atoms. The quantitative estimate of drug-likeness (QED) is 0.671. The first-order valence-corrected chi connectivity index (χ1v) is 5.55. The molecular weight excluding hydrogens is 212 g/mol. The van der Waals surface area contributed by atoms with Crippen molar-refractivity contribution < 1.29 is 0 Å². The summed E-state index contributed by atoms with van der Waals surface area (Å²) in [6, 6.07) is 10.5. The topological polar surface area (TPSA) is 43.6 Å². The van der Waals surface area contributed by atoms with Crippen molar-refractivity contribution in [3.63, 3.8) is 0 Å². The monoisotopic (exact) mass is 224 g/mol. The average Bonchev–Trinajstić information content (AvgIpc) is 2.83. The van der Waals surface area contributed by atoms with E-state index in [9.17, 15) is 0 Å². The Balaban J connectivity index is 2.10. The smallest absolute Gasteiger partial charge is 0.197 e. The average molecular weight is 224 g/mol. The van der Waals surface area contributed by atoms with E-state index in [1.54, 1.807) is 18.7 Å². The first-order chi connectivity index (χ1) is 8.36. The van der Waals surface area contributed by atoms with Crippen LogP contribution in [-0.2, 0) is 0 Å². The van der Waals surface area contributed by atoms with Gasteiger partial charge in [0, 0.05) is 12.4 Å². The highest BCUT2D eigenvalue weighted by atomic mass is 15.1. The molecule has 3 rings (SSSR count). The van der Waals surface area contributed by atoms with E-state index in [2.05, 4.69) is 34.0 Å². The van der Waals surface area contributed by atoms with Gasteiger partial charge in [0.15, 0.2) is 11.3 Å². The number of aromatic nitrogens is 4. The van der Waals surface area contributed by atoms with Gasteiger partial charge in [-0.05, 0) is 12.5 Å². The third kappa shape index (κ3) is 1.67. The molecule has 2 aromatic heterocycles. The molecular formula is C13H12N4. The Morgan fingerprint density at radius 3 is 2.59 bits per heavy atom. The Kier molecular flexibility index (Phi) is 2.33. The van der Waals surface area contributed by atoms with E-state index < -0.39 is 0 Å². The summed E-state index contributed by atoms with van der Waals surface area (Å²) in [4.78, 5) is 12.8. The van der Waals surface area contributed by atoms with Crippen molar-refractivity contribution in [1.82, 2.24) is 19.5 Å². The van der Waals surface area contributed by atoms with Gasteiger partial charge in [0.2, 0.25) is 0 Å². The van der Waals surface area contributed by atoms with Crippen LogP contribution in [0.2, 0.25) is 0 Å². The number of imidazole rings is 1. The van der Waals surface area contributed by atoms with Gasteiger partial charge >= 0.3 is 0 Å². The molecule has 0 spiro atoms. The molecule has 1 aromatic carbocycles. The molecule has 1 atom stereocenters. The van der Waals surface area contributed by atoms with Crippen LogP contribution in [0, 0.1) is 0 Å². The molecule has 0 aliphatic heterocycles. The Morgan fingerprint density at radius 1 is 1.00 bits per heavy atom. The zero-order chi connectivity index (χ0) is 11.7. The third-order valence-corrected chi connectivity index (χ3v) is 2.91. The van der Waals surface area contributed by atoms with Gasteiger partial charge in [-0.25, -0.2) is 15.0 Å². The largest absolute Gasteiger partial charge is 0.307 e. The highest BCUT2D eigenvalue weighted by Crippen LogP contribution is 2.20. The molecule has 0 saturated carbocycles. The molecule has 84 valence electrons. The Morgan fingerprint density at radius 2 is 1.76 bits per heavy atom. The van der Waals surface area contributed by atoms with Crippen LogP contribution in [-0.4, -0.2) is 19.5 Å². The molecule has 0 amide bonds. The van der Waals surface area contributed by atoms with Crippen molar-refractivity contribution in [2.75, 3.05) is 0 Å². The van der Waals surface area contributed by atoms with Crippen LogP contribution in [0.5, 0.6) is 0 Å². The minimum Gasteiger partial charge on any atom is -0.307 e. The molecule has 0 N–H and O–H groups in total. The van der Waals surface area contributed by atoms with Gasteiger partial charge in [-0.15, -0.1) is 0 Å². The maximum absolute atomic E-state index is 4.33. The van der Waals surface area contributed by atoms with Gasteiger partial charge in [0.05, 0.1) is 12.4 Å². The van der Waals surface area contributed by atoms with Crippen LogP contribution in [0.1, 0.15) is 18.5 Å². The van der Waals surface area contributed by atoms with Crippen LogP contribution in [0.15, 0.2) is 49.1 Å². The van der Waals surface area contributed by atoms with E-state index in [-0.39, 0.29) is 6.04 Å². The van der Waals surface area contributed by atoms with Gasteiger partial charge in [-0.2, -0.15) is 0 Å². The third-order valence-electron chi connectivity index (χ3n) is 2.91. The fraction of sp³-hybridized carbons (Fsp3) is 0.154. The number of hydrogen-bond acceptors (Lipinski definition) is 3. The van der Waals surface area contributed by atoms with Crippen molar-refractivity contribution in [2.45, 2.75) is 13.0 Å². The van der Waals surface area contributed by atoms with Crippen LogP contribution in [0.3, 0.4) is 0 Å². The summed E-state index contributed by atoms with van der Waals surface area (Å²) < 4.78 is 2.04. The lowest BCUT2D eigenvalue weighted by Crippen LogP contribution is -2.06. The number of hydrogen-bond donors (Lipinski definition) is 0. The van der Waals surface area contributed by atoms with Gasteiger partial charge in [-0.1, -0.05) is 30.3 Å². The fourth-order valence-corrected chi connectivity index (χ4v) is 1.94. The Bertz CT molecular complexity index is 630. The first-order valence-electron chi connectivity index (χ1n) is 5.55. The Labute approximate surface area is 99.0 Å². The van der Waals surface area contributed by atoms with E-state index in [0.717, 1.165) is 5.65 Å². The highest BCUT2D eigenvalue weighted by Gasteiger charge is 2.11. The van der Waals surface area contributed by atoms with E-state index in [1.807, 2.05) is 22.8 Å². The van der Waals surface area contributed by atoms with Crippen LogP contribution in [0.4, 0.5) is 0 Å². The van der Waals surface area contributed by atoms with Gasteiger partial charge in [-0.3, -0.25) is 0 Å². The molecule has 4 nitrogen and oxygen atoms in total. The van der Waals surface area contributed by atoms with E-state index in [4.69, 9.17) is 0 Å². The maximum atomic E-state index is 4.33. The molecule has 0 saturated heterocycles. The summed E-state index contributed by atoms with van der Waals surface area (Å²) in [5, 5.41) is 0. The normalized spacial score (nSPS) is 12.8. The number of fused-ring (bicyclic) bond motifs is 1. The predicted octanol–water partition coefficient (Wildman–Crippen LogP) is 2.44. The summed E-state index contributed by atoms with van der Waals surface area (Å²) >= 11 is 0. The molecule has 1 unspecified atom stereocenters. The number of nitrogens with zero attached hydrogens (tertiary/aromatic N) is 4. The lowest BCUT2D eigenvalue weighted by molar-refractivity contribution is 0.652. The molecule has 0 aliphatic rings. The summed E-state index contributed by atoms with van der Waals surface area (Å²) in [6.45, 7) is 2.13. The molecule has 17 heavy (non-hydrogen) atoms. The molecule has 0 fully saturated rings. The van der Waals surface area contributed by atoms with Crippen LogP contribution >= 0.6 is 0 Å². The standard InChI is InChI=1S/C13H12N4/c1-10(11-5-3-2-4-6-11)17-9-16-12-13(17)15-8-7-14-12/h2-10H,1H3. The lowest BCUT2D eigenvalue weighted by atomic mass is 10.1. The second-order valence-corrected chi connectivity index (χ2v) is 3.94. The zero-order valence-corrected chi connectivity index (χ0v) is 9.49. The van der Waals surface area contributed by atoms with Crippen molar-refractivity contribution in [3.8, 4) is 0 Å². The maximum Gasteiger partial charge on any atom is 0.197 e. The minimum absolute atomic E-state index is 0.206. The SMILES string of the molecule is CC(c1ccccc1)n1cnc2nccnc21. The molecule has 3 aromatic rings. The van der Waals surface area contributed by atoms with Gasteiger partial charge < -0.3 is 4.57 Å². The Hall–Kier alpha value is -2.23. The van der Waals surface area contributed by atoms with E-state index >= 15 is 0 Å². The van der Waals surface area contributed by atoms with Crippen LogP contribution in [0.25, 0.3) is 11.3 Å². The van der Waals surface area contributed by atoms with Crippen molar-refractivity contribution >= 4 is 11.3 Å². The predicted molar refractivity (Wildman–Crippen MR) is 65.6 cm³/mol. The molecule has 0 aliphatic carbocycles. The molecule has 4 heteroatoms. The second-order valence-electron chi connectivity index (χ2n) is 3.94. The minimum atomic E-state index is 0.206. The first kappa shape index (κ1) is 9.96. The van der Waals surface area contributed by atoms with Crippen LogP contribution < -0.4 is 0 Å². The second kappa shape index (κ2) is 3.97. The molecule has 0 radical (unpaired) electrons. The highest BCUT2D eigenvalue weighted by molar-refractivity contribution is 5.65. The van der Waals surface area contributed by atoms with Gasteiger partial charge in [0.1, 0.15) is 0 Å². The molecule has 2 heterocycles. The summed E-state index contributed by atoms with van der Waals surface area (Å²) in [7, 11) is 0. The zero-order valence-electron chi connectivity index (χ0n) is 9.49. The lowest BCUT2D eigenvalue weighted by Gasteiger charge is -2.13. The van der Waals surface area contributed by atoms with E-state index in [0.29, 0.717) is 5.65 Å². The number of benzene rings is 1. The fourth-order valence-electron chi connectivity index (χ4n) is 1.94. The van der Waals surface area contributed by atoms with E-state index in [1.165, 1.54) is 5.56 Å². The van der Waals surface area contributed by atoms with Crippen molar-refractivity contribution in [1.29, 1.82) is 0 Å². The summed E-state index contributed by atoms with van der Waals surface area (Å²) in [6.07, 6.45) is 5.15. The van der Waals surface area contributed by atoms with Crippen molar-refractivity contribution in [2.24, 2.45) is 0 Å².